The van der Waals surface area contributed by atoms with Crippen LogP contribution in [0.15, 0.2) is 48.5 Å². The molecule has 22 heavy (non-hydrogen) atoms. The number of hydrazine groups is 1. The fraction of sp³-hybridized carbons (Fsp3) is 0.0667. The number of amides is 1. The average Bonchev–Trinajstić information content (AvgIpc) is 2.53. The van der Waals surface area contributed by atoms with Gasteiger partial charge in [0.15, 0.2) is 5.11 Å². The molecule has 0 saturated heterocycles. The summed E-state index contributed by atoms with van der Waals surface area (Å²) >= 11 is 5.08. The molecule has 0 atom stereocenters. The van der Waals surface area contributed by atoms with Crippen molar-refractivity contribution in [3.05, 3.63) is 54.1 Å². The van der Waals surface area contributed by atoms with Gasteiger partial charge < -0.3 is 15.2 Å². The van der Waals surface area contributed by atoms with Crippen LogP contribution in [-0.4, -0.2) is 23.2 Å². The van der Waals surface area contributed by atoms with Gasteiger partial charge in [-0.1, -0.05) is 18.2 Å². The highest BCUT2D eigenvalue weighted by molar-refractivity contribution is 7.80. The van der Waals surface area contributed by atoms with Gasteiger partial charge in [0.2, 0.25) is 0 Å². The summed E-state index contributed by atoms with van der Waals surface area (Å²) in [5.41, 5.74) is 5.84. The SMILES string of the molecule is COc1cccc(NC(=S)NNC(=O)c2ccccc2O)c1. The number of carbonyl (C=O) groups is 1. The minimum atomic E-state index is -0.493. The number of methoxy groups -OCH3 is 1. The number of anilines is 1. The lowest BCUT2D eigenvalue weighted by molar-refractivity contribution is 0.0941. The zero-order valence-electron chi connectivity index (χ0n) is 11.8. The third-order valence-electron chi connectivity index (χ3n) is 2.77. The molecule has 6 nitrogen and oxygen atoms in total. The summed E-state index contributed by atoms with van der Waals surface area (Å²) in [6, 6.07) is 13.4. The Kier molecular flexibility index (Phi) is 5.16. The minimum Gasteiger partial charge on any atom is -0.507 e. The Bertz CT molecular complexity index is 691. The van der Waals surface area contributed by atoms with E-state index in [4.69, 9.17) is 17.0 Å². The first-order valence-electron chi connectivity index (χ1n) is 6.39. The van der Waals surface area contributed by atoms with Gasteiger partial charge in [-0.25, -0.2) is 0 Å². The Hall–Kier alpha value is -2.80. The van der Waals surface area contributed by atoms with E-state index < -0.39 is 5.91 Å². The highest BCUT2D eigenvalue weighted by Crippen LogP contribution is 2.16. The van der Waals surface area contributed by atoms with Crippen molar-refractivity contribution in [2.75, 3.05) is 12.4 Å². The number of rotatable bonds is 3. The molecule has 114 valence electrons. The standard InChI is InChI=1S/C15H15N3O3S/c1-21-11-6-4-5-10(9-11)16-15(22)18-17-14(20)12-7-2-3-8-13(12)19/h2-9,19H,1H3,(H,17,20)(H2,16,18,22). The predicted molar refractivity (Wildman–Crippen MR) is 87.9 cm³/mol. The summed E-state index contributed by atoms with van der Waals surface area (Å²) in [5, 5.41) is 12.7. The first-order chi connectivity index (χ1) is 10.6. The molecule has 0 aliphatic rings. The molecule has 1 amide bonds. The molecule has 7 heteroatoms. The number of hydrogen-bond acceptors (Lipinski definition) is 4. The molecule has 0 heterocycles. The lowest BCUT2D eigenvalue weighted by atomic mass is 10.2. The van der Waals surface area contributed by atoms with E-state index in [2.05, 4.69) is 16.2 Å². The fourth-order valence-electron chi connectivity index (χ4n) is 1.71. The van der Waals surface area contributed by atoms with E-state index in [1.165, 1.54) is 12.1 Å². The molecule has 0 saturated carbocycles. The highest BCUT2D eigenvalue weighted by Gasteiger charge is 2.10. The molecular formula is C15H15N3O3S. The van der Waals surface area contributed by atoms with Crippen molar-refractivity contribution in [1.29, 1.82) is 0 Å². The van der Waals surface area contributed by atoms with Crippen LogP contribution in [-0.2, 0) is 0 Å². The summed E-state index contributed by atoms with van der Waals surface area (Å²) in [7, 11) is 1.57. The molecule has 2 rings (SSSR count). The molecule has 0 radical (unpaired) electrons. The maximum absolute atomic E-state index is 11.9. The largest absolute Gasteiger partial charge is 0.507 e. The van der Waals surface area contributed by atoms with Crippen LogP contribution in [0.1, 0.15) is 10.4 Å². The third kappa shape index (κ3) is 4.10. The van der Waals surface area contributed by atoms with E-state index in [0.717, 1.165) is 0 Å². The monoisotopic (exact) mass is 317 g/mol. The Balaban J connectivity index is 1.90. The second-order valence-corrected chi connectivity index (χ2v) is 4.69. The number of hydrogen-bond donors (Lipinski definition) is 4. The number of thiocarbonyl (C=S) groups is 1. The quantitative estimate of drug-likeness (QED) is 0.512. The van der Waals surface area contributed by atoms with Crippen molar-refractivity contribution in [3.63, 3.8) is 0 Å². The number of para-hydroxylation sites is 1. The van der Waals surface area contributed by atoms with Gasteiger partial charge in [-0.3, -0.25) is 15.6 Å². The van der Waals surface area contributed by atoms with Crippen LogP contribution in [0.2, 0.25) is 0 Å². The van der Waals surface area contributed by atoms with E-state index >= 15 is 0 Å². The average molecular weight is 317 g/mol. The van der Waals surface area contributed by atoms with Crippen LogP contribution in [0.5, 0.6) is 11.5 Å². The van der Waals surface area contributed by atoms with Crippen molar-refractivity contribution in [2.24, 2.45) is 0 Å². The van der Waals surface area contributed by atoms with Crippen molar-refractivity contribution in [3.8, 4) is 11.5 Å². The van der Waals surface area contributed by atoms with Crippen LogP contribution >= 0.6 is 12.2 Å². The number of phenolic OH excluding ortho intramolecular Hbond substituents is 1. The molecule has 0 spiro atoms. The Morgan fingerprint density at radius 2 is 1.91 bits per heavy atom. The van der Waals surface area contributed by atoms with E-state index in [1.54, 1.807) is 31.4 Å². The number of benzene rings is 2. The zero-order chi connectivity index (χ0) is 15.9. The number of phenols is 1. The summed E-state index contributed by atoms with van der Waals surface area (Å²) in [4.78, 5) is 11.9. The summed E-state index contributed by atoms with van der Waals surface area (Å²) < 4.78 is 5.10. The second kappa shape index (κ2) is 7.28. The van der Waals surface area contributed by atoms with Crippen molar-refractivity contribution >= 4 is 28.9 Å². The molecule has 0 unspecified atom stereocenters. The van der Waals surface area contributed by atoms with E-state index in [-0.39, 0.29) is 16.4 Å². The van der Waals surface area contributed by atoms with Crippen molar-refractivity contribution in [1.82, 2.24) is 10.9 Å². The molecule has 0 fully saturated rings. The minimum absolute atomic E-state index is 0.103. The molecule has 2 aromatic carbocycles. The Labute approximate surface area is 133 Å². The molecule has 0 bridgehead atoms. The normalized spacial score (nSPS) is 9.68. The first-order valence-corrected chi connectivity index (χ1v) is 6.80. The molecular weight excluding hydrogens is 302 g/mol. The van der Waals surface area contributed by atoms with Crippen molar-refractivity contribution < 1.29 is 14.6 Å². The van der Waals surface area contributed by atoms with Crippen LogP contribution in [0.3, 0.4) is 0 Å². The number of aromatic hydroxyl groups is 1. The molecule has 0 aliphatic heterocycles. The molecule has 4 N–H and O–H groups in total. The zero-order valence-corrected chi connectivity index (χ0v) is 12.6. The maximum atomic E-state index is 11.9. The lowest BCUT2D eigenvalue weighted by Gasteiger charge is -2.12. The van der Waals surface area contributed by atoms with E-state index in [0.29, 0.717) is 11.4 Å². The van der Waals surface area contributed by atoms with Gasteiger partial charge in [-0.2, -0.15) is 0 Å². The van der Waals surface area contributed by atoms with Gasteiger partial charge in [-0.15, -0.1) is 0 Å². The van der Waals surface area contributed by atoms with Gasteiger partial charge in [-0.05, 0) is 36.5 Å². The first kappa shape index (κ1) is 15.6. The van der Waals surface area contributed by atoms with E-state index in [9.17, 15) is 9.90 Å². The van der Waals surface area contributed by atoms with Gasteiger partial charge in [0, 0.05) is 11.8 Å². The molecule has 2 aromatic rings. The summed E-state index contributed by atoms with van der Waals surface area (Å²) in [6.07, 6.45) is 0. The van der Waals surface area contributed by atoms with Gasteiger partial charge >= 0.3 is 0 Å². The van der Waals surface area contributed by atoms with Crippen LogP contribution in [0, 0.1) is 0 Å². The van der Waals surface area contributed by atoms with Gasteiger partial charge in [0.05, 0.1) is 12.7 Å². The smallest absolute Gasteiger partial charge is 0.273 e. The second-order valence-electron chi connectivity index (χ2n) is 4.28. The fourth-order valence-corrected chi connectivity index (χ4v) is 1.88. The van der Waals surface area contributed by atoms with Crippen LogP contribution < -0.4 is 20.9 Å². The molecule has 0 aliphatic carbocycles. The third-order valence-corrected chi connectivity index (χ3v) is 2.97. The molecule has 0 aromatic heterocycles. The number of ether oxygens (including phenoxy) is 1. The summed E-state index contributed by atoms with van der Waals surface area (Å²) in [5.74, 6) is 0.0902. The summed E-state index contributed by atoms with van der Waals surface area (Å²) in [6.45, 7) is 0. The lowest BCUT2D eigenvalue weighted by Crippen LogP contribution is -2.43. The Morgan fingerprint density at radius 1 is 1.14 bits per heavy atom. The van der Waals surface area contributed by atoms with Crippen LogP contribution in [0.4, 0.5) is 5.69 Å². The maximum Gasteiger partial charge on any atom is 0.273 e. The number of carbonyl (C=O) groups excluding carboxylic acids is 1. The van der Waals surface area contributed by atoms with Gasteiger partial charge in [0.1, 0.15) is 11.5 Å². The van der Waals surface area contributed by atoms with E-state index in [1.807, 2.05) is 12.1 Å². The number of nitrogens with one attached hydrogen (secondary N) is 3. The van der Waals surface area contributed by atoms with Gasteiger partial charge in [0.25, 0.3) is 5.91 Å². The topological polar surface area (TPSA) is 82.6 Å². The predicted octanol–water partition coefficient (Wildman–Crippen LogP) is 2.03. The highest BCUT2D eigenvalue weighted by atomic mass is 32.1. The Morgan fingerprint density at radius 3 is 2.64 bits per heavy atom. The van der Waals surface area contributed by atoms with Crippen LogP contribution in [0.25, 0.3) is 0 Å². The van der Waals surface area contributed by atoms with Crippen molar-refractivity contribution in [2.45, 2.75) is 0 Å².